The third-order valence-electron chi connectivity index (χ3n) is 4.93. The molecule has 33 heavy (non-hydrogen) atoms. The zero-order valence-electron chi connectivity index (χ0n) is 18.9. The summed E-state index contributed by atoms with van der Waals surface area (Å²) in [6.07, 6.45) is 0.942. The second-order valence-electron chi connectivity index (χ2n) is 8.95. The van der Waals surface area contributed by atoms with Crippen molar-refractivity contribution in [1.82, 2.24) is 10.3 Å². The molecule has 0 aliphatic rings. The Morgan fingerprint density at radius 3 is 2.45 bits per heavy atom. The number of nitrogens with one attached hydrogen (secondary N) is 1. The lowest BCUT2D eigenvalue weighted by Crippen LogP contribution is -2.32. The number of benzene rings is 2. The normalized spacial score (nSPS) is 12.3. The van der Waals surface area contributed by atoms with Gasteiger partial charge in [-0.25, -0.2) is 9.37 Å². The van der Waals surface area contributed by atoms with Gasteiger partial charge in [0.15, 0.2) is 11.6 Å². The van der Waals surface area contributed by atoms with Crippen molar-refractivity contribution in [2.24, 2.45) is 5.41 Å². The fraction of sp³-hybridized carbons (Fsp3) is 0.280. The van der Waals surface area contributed by atoms with Gasteiger partial charge in [0.05, 0.1) is 5.02 Å². The van der Waals surface area contributed by atoms with E-state index in [1.165, 1.54) is 12.1 Å². The molecular weight excluding hydrogens is 464 g/mol. The minimum absolute atomic E-state index is 0.00124. The number of halogens is 3. The standard InChI is InChI=1S/C25H26Cl2FN3O2/c1-14(21-18(26)9-10-19(28)22(21)27)33-20-11-17(12-30-23(20)29)15-5-7-16(8-6-15)24(32)31-13-25(2,3)4/h5-12,14H,13H2,1-4H3,(H2,29,30)(H,31,32). The van der Waals surface area contributed by atoms with E-state index in [1.807, 2.05) is 12.1 Å². The fourth-order valence-electron chi connectivity index (χ4n) is 3.13. The second kappa shape index (κ2) is 9.98. The van der Waals surface area contributed by atoms with Crippen LogP contribution >= 0.6 is 23.2 Å². The molecule has 8 heteroatoms. The van der Waals surface area contributed by atoms with Gasteiger partial charge < -0.3 is 15.8 Å². The van der Waals surface area contributed by atoms with E-state index in [1.54, 1.807) is 31.3 Å². The van der Waals surface area contributed by atoms with Gasteiger partial charge in [0, 0.05) is 34.5 Å². The average molecular weight is 490 g/mol. The summed E-state index contributed by atoms with van der Waals surface area (Å²) in [5.41, 5.74) is 8.46. The molecule has 1 unspecified atom stereocenters. The van der Waals surface area contributed by atoms with E-state index in [9.17, 15) is 9.18 Å². The topological polar surface area (TPSA) is 77.2 Å². The number of nitrogens with two attached hydrogens (primary N) is 1. The van der Waals surface area contributed by atoms with Gasteiger partial charge in [-0.3, -0.25) is 4.79 Å². The number of hydrogen-bond acceptors (Lipinski definition) is 4. The molecule has 3 rings (SSSR count). The smallest absolute Gasteiger partial charge is 0.251 e. The SMILES string of the molecule is CC(Oc1cc(-c2ccc(C(=O)NCC(C)(C)C)cc2)cnc1N)c1c(Cl)ccc(F)c1Cl. The van der Waals surface area contributed by atoms with Crippen LogP contribution in [0.4, 0.5) is 10.2 Å². The Labute approximate surface area is 203 Å². The Balaban J connectivity index is 1.80. The summed E-state index contributed by atoms with van der Waals surface area (Å²) in [7, 11) is 0. The van der Waals surface area contributed by atoms with Crippen LogP contribution in [0.2, 0.25) is 10.0 Å². The molecule has 0 saturated carbocycles. The maximum absolute atomic E-state index is 13.9. The highest BCUT2D eigenvalue weighted by molar-refractivity contribution is 6.36. The van der Waals surface area contributed by atoms with E-state index in [-0.39, 0.29) is 27.2 Å². The van der Waals surface area contributed by atoms with Gasteiger partial charge in [-0.05, 0) is 48.2 Å². The van der Waals surface area contributed by atoms with Crippen molar-refractivity contribution < 1.29 is 13.9 Å². The first kappa shape index (κ1) is 24.8. The molecule has 1 heterocycles. The average Bonchev–Trinajstić information content (AvgIpc) is 2.76. The van der Waals surface area contributed by atoms with Crippen LogP contribution in [0, 0.1) is 11.2 Å². The number of ether oxygens (including phenoxy) is 1. The molecule has 5 nitrogen and oxygen atoms in total. The van der Waals surface area contributed by atoms with E-state index in [4.69, 9.17) is 33.7 Å². The Kier molecular flexibility index (Phi) is 7.50. The number of rotatable bonds is 6. The number of anilines is 1. The van der Waals surface area contributed by atoms with Crippen LogP contribution in [-0.2, 0) is 0 Å². The fourth-order valence-corrected chi connectivity index (χ4v) is 3.81. The van der Waals surface area contributed by atoms with Crippen LogP contribution in [0.3, 0.4) is 0 Å². The number of hydrogen-bond donors (Lipinski definition) is 2. The van der Waals surface area contributed by atoms with Crippen LogP contribution in [-0.4, -0.2) is 17.4 Å². The van der Waals surface area contributed by atoms with Crippen molar-refractivity contribution in [2.45, 2.75) is 33.8 Å². The zero-order chi connectivity index (χ0) is 24.3. The molecule has 0 bridgehead atoms. The number of aromatic nitrogens is 1. The largest absolute Gasteiger partial charge is 0.482 e. The van der Waals surface area contributed by atoms with E-state index in [2.05, 4.69) is 31.1 Å². The monoisotopic (exact) mass is 489 g/mol. The molecule has 0 aliphatic heterocycles. The lowest BCUT2D eigenvalue weighted by molar-refractivity contribution is 0.0939. The molecule has 0 fully saturated rings. The molecular formula is C25H26Cl2FN3O2. The highest BCUT2D eigenvalue weighted by Gasteiger charge is 2.20. The molecule has 2 aromatic carbocycles. The third-order valence-corrected chi connectivity index (χ3v) is 5.64. The lowest BCUT2D eigenvalue weighted by atomic mass is 9.97. The summed E-state index contributed by atoms with van der Waals surface area (Å²) in [5.74, 6) is -0.234. The van der Waals surface area contributed by atoms with Gasteiger partial charge in [0.2, 0.25) is 0 Å². The van der Waals surface area contributed by atoms with Crippen molar-refractivity contribution in [1.29, 1.82) is 0 Å². The molecule has 174 valence electrons. The van der Waals surface area contributed by atoms with Crippen LogP contribution in [0.25, 0.3) is 11.1 Å². The highest BCUT2D eigenvalue weighted by Crippen LogP contribution is 2.37. The number of pyridine rings is 1. The number of nitrogen functional groups attached to an aromatic ring is 1. The summed E-state index contributed by atoms with van der Waals surface area (Å²) >= 11 is 12.3. The number of carbonyl (C=O) groups excluding carboxylic acids is 1. The first-order valence-corrected chi connectivity index (χ1v) is 11.2. The maximum atomic E-state index is 13.9. The maximum Gasteiger partial charge on any atom is 0.251 e. The van der Waals surface area contributed by atoms with Crippen LogP contribution in [0.5, 0.6) is 5.75 Å². The Bertz CT molecular complexity index is 1160. The van der Waals surface area contributed by atoms with Crippen molar-refractivity contribution in [3.8, 4) is 16.9 Å². The minimum atomic E-state index is -0.672. The van der Waals surface area contributed by atoms with Gasteiger partial charge in [0.25, 0.3) is 5.91 Å². The molecule has 0 radical (unpaired) electrons. The van der Waals surface area contributed by atoms with Crippen molar-refractivity contribution in [3.63, 3.8) is 0 Å². The number of amides is 1. The van der Waals surface area contributed by atoms with Crippen LogP contribution < -0.4 is 15.8 Å². The Hall–Kier alpha value is -2.83. The predicted molar refractivity (Wildman–Crippen MR) is 131 cm³/mol. The summed E-state index contributed by atoms with van der Waals surface area (Å²) in [6.45, 7) is 8.45. The quantitative estimate of drug-likeness (QED) is 0.378. The molecule has 0 aliphatic carbocycles. The second-order valence-corrected chi connectivity index (χ2v) is 9.73. The van der Waals surface area contributed by atoms with Gasteiger partial charge in [-0.15, -0.1) is 0 Å². The van der Waals surface area contributed by atoms with Crippen LogP contribution in [0.15, 0.2) is 48.7 Å². The number of nitrogens with zero attached hydrogens (tertiary/aromatic N) is 1. The molecule has 1 aromatic heterocycles. The Morgan fingerprint density at radius 2 is 1.82 bits per heavy atom. The van der Waals surface area contributed by atoms with Gasteiger partial charge in [-0.1, -0.05) is 56.1 Å². The molecule has 1 atom stereocenters. The molecule has 0 saturated heterocycles. The van der Waals surface area contributed by atoms with Crippen molar-refractivity contribution in [3.05, 3.63) is 75.7 Å². The zero-order valence-corrected chi connectivity index (χ0v) is 20.4. The van der Waals surface area contributed by atoms with E-state index < -0.39 is 11.9 Å². The van der Waals surface area contributed by atoms with Gasteiger partial charge in [-0.2, -0.15) is 0 Å². The molecule has 3 aromatic rings. The van der Waals surface area contributed by atoms with E-state index in [0.29, 0.717) is 23.4 Å². The predicted octanol–water partition coefficient (Wildman–Crippen LogP) is 6.69. The van der Waals surface area contributed by atoms with E-state index in [0.717, 1.165) is 11.1 Å². The van der Waals surface area contributed by atoms with Gasteiger partial charge >= 0.3 is 0 Å². The van der Waals surface area contributed by atoms with Crippen molar-refractivity contribution in [2.75, 3.05) is 12.3 Å². The molecule has 3 N–H and O–H groups in total. The number of carbonyl (C=O) groups is 1. The molecule has 0 spiro atoms. The molecule has 1 amide bonds. The van der Waals surface area contributed by atoms with E-state index >= 15 is 0 Å². The summed E-state index contributed by atoms with van der Waals surface area (Å²) in [6, 6.07) is 11.5. The summed E-state index contributed by atoms with van der Waals surface area (Å²) < 4.78 is 19.9. The van der Waals surface area contributed by atoms with Gasteiger partial charge in [0.1, 0.15) is 11.9 Å². The lowest BCUT2D eigenvalue weighted by Gasteiger charge is -2.19. The van der Waals surface area contributed by atoms with Crippen molar-refractivity contribution >= 4 is 34.9 Å². The van der Waals surface area contributed by atoms with Crippen LogP contribution in [0.1, 0.15) is 49.7 Å². The summed E-state index contributed by atoms with van der Waals surface area (Å²) in [5, 5.41) is 3.12. The minimum Gasteiger partial charge on any atom is -0.482 e. The first-order valence-electron chi connectivity index (χ1n) is 10.4. The third kappa shape index (κ3) is 6.15. The summed E-state index contributed by atoms with van der Waals surface area (Å²) in [4.78, 5) is 16.6. The Morgan fingerprint density at radius 1 is 1.15 bits per heavy atom. The first-order chi connectivity index (χ1) is 15.5. The highest BCUT2D eigenvalue weighted by atomic mass is 35.5.